The van der Waals surface area contributed by atoms with E-state index in [1.54, 1.807) is 54.6 Å². The molecule has 3 aromatic carbocycles. The van der Waals surface area contributed by atoms with Crippen molar-refractivity contribution < 1.29 is 18.8 Å². The van der Waals surface area contributed by atoms with Gasteiger partial charge in [0.1, 0.15) is 5.82 Å². The van der Waals surface area contributed by atoms with Gasteiger partial charge in [0.25, 0.3) is 0 Å². The molecule has 0 saturated heterocycles. The third-order valence-electron chi connectivity index (χ3n) is 4.40. The summed E-state index contributed by atoms with van der Waals surface area (Å²) in [7, 11) is 0. The fraction of sp³-hybridized carbons (Fsp3) is 0.0455. The van der Waals surface area contributed by atoms with Crippen molar-refractivity contribution in [2.45, 2.75) is 4.90 Å². The van der Waals surface area contributed by atoms with E-state index in [4.69, 9.17) is 0 Å². The molecule has 0 heterocycles. The molecule has 3 aromatic rings. The van der Waals surface area contributed by atoms with E-state index in [0.717, 1.165) is 11.8 Å². The maximum Gasteiger partial charge on any atom is 0.234 e. The molecular formula is C22H14FNO3S. The van der Waals surface area contributed by atoms with E-state index in [0.29, 0.717) is 27.3 Å². The van der Waals surface area contributed by atoms with Crippen LogP contribution in [0.1, 0.15) is 31.8 Å². The van der Waals surface area contributed by atoms with Gasteiger partial charge in [-0.25, -0.2) is 4.39 Å². The molecule has 0 fully saturated rings. The van der Waals surface area contributed by atoms with Crippen LogP contribution in [0, 0.1) is 5.82 Å². The highest BCUT2D eigenvalue weighted by Crippen LogP contribution is 2.29. The minimum atomic E-state index is -0.378. The summed E-state index contributed by atoms with van der Waals surface area (Å²) in [6.45, 7) is 0. The van der Waals surface area contributed by atoms with E-state index >= 15 is 0 Å². The number of thioether (sulfide) groups is 1. The molecular weight excluding hydrogens is 377 g/mol. The monoisotopic (exact) mass is 391 g/mol. The lowest BCUT2D eigenvalue weighted by Crippen LogP contribution is -2.21. The predicted octanol–water partition coefficient (Wildman–Crippen LogP) is 4.33. The summed E-state index contributed by atoms with van der Waals surface area (Å²) in [4.78, 5) is 37.9. The fourth-order valence-corrected chi connectivity index (χ4v) is 3.82. The highest BCUT2D eigenvalue weighted by Gasteiger charge is 2.29. The highest BCUT2D eigenvalue weighted by molar-refractivity contribution is 8.00. The standard InChI is InChI=1S/C22H14FNO3S/c23-18-7-3-4-8-19(18)28-12-20(25)24-13-9-10-16-17(11-13)22(27)15-6-2-1-5-14(15)21(16)26/h1-11H,12H2,(H,24,25). The summed E-state index contributed by atoms with van der Waals surface area (Å²) in [6.07, 6.45) is 0. The number of nitrogens with one attached hydrogen (secondary N) is 1. The number of hydrogen-bond donors (Lipinski definition) is 1. The van der Waals surface area contributed by atoms with E-state index in [2.05, 4.69) is 5.32 Å². The van der Waals surface area contributed by atoms with E-state index < -0.39 is 0 Å². The number of carbonyl (C=O) groups is 3. The number of carbonyl (C=O) groups excluding carboxylic acids is 3. The van der Waals surface area contributed by atoms with Crippen LogP contribution in [-0.4, -0.2) is 23.2 Å². The number of benzene rings is 3. The van der Waals surface area contributed by atoms with Gasteiger partial charge in [-0.1, -0.05) is 36.4 Å². The molecule has 1 amide bonds. The second-order valence-corrected chi connectivity index (χ2v) is 7.25. The topological polar surface area (TPSA) is 63.2 Å². The quantitative estimate of drug-likeness (QED) is 0.526. The van der Waals surface area contributed by atoms with Gasteiger partial charge in [-0.15, -0.1) is 11.8 Å². The smallest absolute Gasteiger partial charge is 0.234 e. The van der Waals surface area contributed by atoms with Gasteiger partial charge in [0.05, 0.1) is 5.75 Å². The van der Waals surface area contributed by atoms with Crippen LogP contribution in [0.2, 0.25) is 0 Å². The van der Waals surface area contributed by atoms with Crippen molar-refractivity contribution in [3.05, 3.63) is 94.8 Å². The van der Waals surface area contributed by atoms with Crippen LogP contribution >= 0.6 is 11.8 Å². The molecule has 1 aliphatic rings. The van der Waals surface area contributed by atoms with E-state index in [-0.39, 0.29) is 34.6 Å². The molecule has 0 aliphatic heterocycles. The normalized spacial score (nSPS) is 12.3. The van der Waals surface area contributed by atoms with Gasteiger partial charge >= 0.3 is 0 Å². The van der Waals surface area contributed by atoms with Crippen LogP contribution in [0.25, 0.3) is 0 Å². The maximum absolute atomic E-state index is 13.6. The summed E-state index contributed by atoms with van der Waals surface area (Å²) in [6, 6.07) is 17.6. The first-order valence-electron chi connectivity index (χ1n) is 8.54. The Bertz CT molecular complexity index is 1130. The highest BCUT2D eigenvalue weighted by atomic mass is 32.2. The largest absolute Gasteiger partial charge is 0.325 e. The Kier molecular flexibility index (Phi) is 4.79. The molecule has 4 rings (SSSR count). The zero-order chi connectivity index (χ0) is 19.7. The summed E-state index contributed by atoms with van der Waals surface area (Å²) in [5.74, 6) is -1.14. The SMILES string of the molecule is O=C(CSc1ccccc1F)Nc1ccc2c(c1)C(=O)c1ccccc1C2=O. The number of fused-ring (bicyclic) bond motifs is 2. The molecule has 1 N–H and O–H groups in total. The van der Waals surface area contributed by atoms with E-state index in [1.165, 1.54) is 12.1 Å². The molecule has 0 bridgehead atoms. The Hall–Kier alpha value is -3.25. The van der Waals surface area contributed by atoms with Gasteiger partial charge in [-0.05, 0) is 30.3 Å². The van der Waals surface area contributed by atoms with Gasteiger partial charge < -0.3 is 5.32 Å². The molecule has 28 heavy (non-hydrogen) atoms. The Balaban J connectivity index is 1.51. The van der Waals surface area contributed by atoms with Crippen LogP contribution in [0.5, 0.6) is 0 Å². The number of amides is 1. The first-order chi connectivity index (χ1) is 13.5. The van der Waals surface area contributed by atoms with Gasteiger partial charge in [0.2, 0.25) is 5.91 Å². The molecule has 0 spiro atoms. The Labute approximate surface area is 164 Å². The predicted molar refractivity (Wildman–Crippen MR) is 106 cm³/mol. The zero-order valence-corrected chi connectivity index (χ0v) is 15.4. The van der Waals surface area contributed by atoms with Crippen molar-refractivity contribution in [2.24, 2.45) is 0 Å². The number of anilines is 1. The number of hydrogen-bond acceptors (Lipinski definition) is 4. The van der Waals surface area contributed by atoms with Gasteiger partial charge in [0, 0.05) is 32.8 Å². The lowest BCUT2D eigenvalue weighted by molar-refractivity contribution is -0.113. The second kappa shape index (κ2) is 7.40. The minimum absolute atomic E-state index is 0.0216. The van der Waals surface area contributed by atoms with Crippen molar-refractivity contribution in [3.8, 4) is 0 Å². The average Bonchev–Trinajstić information content (AvgIpc) is 2.71. The van der Waals surface area contributed by atoms with E-state index in [1.807, 2.05) is 0 Å². The molecule has 0 saturated carbocycles. The Morgan fingerprint density at radius 3 is 2.14 bits per heavy atom. The Morgan fingerprint density at radius 2 is 1.43 bits per heavy atom. The summed E-state index contributed by atoms with van der Waals surface area (Å²) in [5, 5.41) is 2.70. The summed E-state index contributed by atoms with van der Waals surface area (Å²) < 4.78 is 13.6. The molecule has 1 aliphatic carbocycles. The molecule has 138 valence electrons. The van der Waals surface area contributed by atoms with Crippen LogP contribution in [-0.2, 0) is 4.79 Å². The summed E-state index contributed by atoms with van der Waals surface area (Å²) >= 11 is 1.09. The third kappa shape index (κ3) is 3.34. The first kappa shape index (κ1) is 18.1. The molecule has 0 atom stereocenters. The van der Waals surface area contributed by atoms with Crippen LogP contribution in [0.3, 0.4) is 0 Å². The van der Waals surface area contributed by atoms with Gasteiger partial charge in [-0.3, -0.25) is 14.4 Å². The zero-order valence-electron chi connectivity index (χ0n) is 14.6. The summed E-state index contributed by atoms with van der Waals surface area (Å²) in [5.41, 5.74) is 1.75. The molecule has 0 aromatic heterocycles. The molecule has 0 unspecified atom stereocenters. The van der Waals surface area contributed by atoms with Crippen LogP contribution in [0.4, 0.5) is 10.1 Å². The third-order valence-corrected chi connectivity index (χ3v) is 5.45. The van der Waals surface area contributed by atoms with Crippen LogP contribution in [0.15, 0.2) is 71.6 Å². The number of halogens is 1. The average molecular weight is 391 g/mol. The lowest BCUT2D eigenvalue weighted by atomic mass is 9.84. The lowest BCUT2D eigenvalue weighted by Gasteiger charge is -2.18. The maximum atomic E-state index is 13.6. The van der Waals surface area contributed by atoms with Gasteiger partial charge in [0.15, 0.2) is 11.6 Å². The van der Waals surface area contributed by atoms with Crippen molar-refractivity contribution >= 4 is 34.9 Å². The van der Waals surface area contributed by atoms with Crippen molar-refractivity contribution in [2.75, 3.05) is 11.1 Å². The van der Waals surface area contributed by atoms with E-state index in [9.17, 15) is 18.8 Å². The molecule has 4 nitrogen and oxygen atoms in total. The van der Waals surface area contributed by atoms with Crippen molar-refractivity contribution in [1.82, 2.24) is 0 Å². The molecule has 6 heteroatoms. The first-order valence-corrected chi connectivity index (χ1v) is 9.53. The minimum Gasteiger partial charge on any atom is -0.325 e. The molecule has 0 radical (unpaired) electrons. The second-order valence-electron chi connectivity index (χ2n) is 6.23. The number of ketones is 2. The van der Waals surface area contributed by atoms with Crippen LogP contribution < -0.4 is 5.32 Å². The van der Waals surface area contributed by atoms with Gasteiger partial charge in [-0.2, -0.15) is 0 Å². The van der Waals surface area contributed by atoms with Crippen molar-refractivity contribution in [1.29, 1.82) is 0 Å². The number of rotatable bonds is 4. The van der Waals surface area contributed by atoms with Crippen molar-refractivity contribution in [3.63, 3.8) is 0 Å². The fourth-order valence-electron chi connectivity index (χ4n) is 3.08. The Morgan fingerprint density at radius 1 is 0.821 bits per heavy atom.